The zero-order valence-corrected chi connectivity index (χ0v) is 8.82. The molecule has 2 rings (SSSR count). The van der Waals surface area contributed by atoms with Crippen molar-refractivity contribution in [1.29, 1.82) is 0 Å². The van der Waals surface area contributed by atoms with E-state index < -0.39 is 0 Å². The van der Waals surface area contributed by atoms with E-state index in [1.165, 1.54) is 5.56 Å². The van der Waals surface area contributed by atoms with Crippen molar-refractivity contribution in [3.63, 3.8) is 0 Å². The van der Waals surface area contributed by atoms with Crippen molar-refractivity contribution in [3.8, 4) is 0 Å². The second kappa shape index (κ2) is 4.34. The van der Waals surface area contributed by atoms with Crippen molar-refractivity contribution in [2.75, 3.05) is 6.54 Å². The SMILES string of the molecule is CCCc1ccc(C2CNC(=O)O2)cc1. The van der Waals surface area contributed by atoms with E-state index in [1.807, 2.05) is 12.1 Å². The van der Waals surface area contributed by atoms with Crippen molar-refractivity contribution in [3.05, 3.63) is 35.4 Å². The molecule has 1 amide bonds. The molecule has 1 saturated heterocycles. The Hall–Kier alpha value is -1.51. The van der Waals surface area contributed by atoms with Crippen LogP contribution in [0.15, 0.2) is 24.3 Å². The minimum absolute atomic E-state index is 0.117. The highest BCUT2D eigenvalue weighted by molar-refractivity contribution is 5.69. The maximum Gasteiger partial charge on any atom is 0.407 e. The van der Waals surface area contributed by atoms with Crippen LogP contribution in [0.5, 0.6) is 0 Å². The van der Waals surface area contributed by atoms with E-state index in [1.54, 1.807) is 0 Å². The highest BCUT2D eigenvalue weighted by Gasteiger charge is 2.23. The molecule has 1 atom stereocenters. The van der Waals surface area contributed by atoms with Gasteiger partial charge in [0.05, 0.1) is 6.54 Å². The number of benzene rings is 1. The number of ether oxygens (including phenoxy) is 1. The van der Waals surface area contributed by atoms with E-state index in [-0.39, 0.29) is 12.2 Å². The summed E-state index contributed by atoms with van der Waals surface area (Å²) in [5.74, 6) is 0. The topological polar surface area (TPSA) is 38.3 Å². The molecule has 1 unspecified atom stereocenters. The average molecular weight is 205 g/mol. The summed E-state index contributed by atoms with van der Waals surface area (Å²) in [6.45, 7) is 2.74. The van der Waals surface area contributed by atoms with Gasteiger partial charge in [0, 0.05) is 0 Å². The zero-order valence-electron chi connectivity index (χ0n) is 8.82. The second-order valence-corrected chi connectivity index (χ2v) is 3.77. The van der Waals surface area contributed by atoms with Gasteiger partial charge in [0.15, 0.2) is 0 Å². The van der Waals surface area contributed by atoms with E-state index in [9.17, 15) is 4.79 Å². The molecule has 0 aromatic heterocycles. The number of carbonyl (C=O) groups excluding carboxylic acids is 1. The van der Waals surface area contributed by atoms with E-state index in [0.717, 1.165) is 18.4 Å². The van der Waals surface area contributed by atoms with Crippen molar-refractivity contribution < 1.29 is 9.53 Å². The molecule has 3 nitrogen and oxygen atoms in total. The molecule has 15 heavy (non-hydrogen) atoms. The summed E-state index contributed by atoms with van der Waals surface area (Å²) < 4.78 is 5.10. The Labute approximate surface area is 89.4 Å². The molecule has 1 aliphatic heterocycles. The third-order valence-corrected chi connectivity index (χ3v) is 2.57. The fourth-order valence-corrected chi connectivity index (χ4v) is 1.76. The molecule has 0 saturated carbocycles. The van der Waals surface area contributed by atoms with Crippen molar-refractivity contribution >= 4 is 6.09 Å². The van der Waals surface area contributed by atoms with E-state index >= 15 is 0 Å². The number of alkyl carbamates (subject to hydrolysis) is 1. The van der Waals surface area contributed by atoms with Gasteiger partial charge >= 0.3 is 6.09 Å². The molecular weight excluding hydrogens is 190 g/mol. The fourth-order valence-electron chi connectivity index (χ4n) is 1.76. The summed E-state index contributed by atoms with van der Waals surface area (Å²) in [4.78, 5) is 10.9. The predicted octanol–water partition coefficient (Wildman–Crippen LogP) is 2.42. The first kappa shape index (κ1) is 10.0. The largest absolute Gasteiger partial charge is 0.439 e. The van der Waals surface area contributed by atoms with Crippen LogP contribution in [-0.2, 0) is 11.2 Å². The molecule has 0 bridgehead atoms. The highest BCUT2D eigenvalue weighted by atomic mass is 16.6. The maximum absolute atomic E-state index is 10.9. The van der Waals surface area contributed by atoms with Gasteiger partial charge in [-0.15, -0.1) is 0 Å². The number of carbonyl (C=O) groups is 1. The third kappa shape index (κ3) is 2.29. The minimum atomic E-state index is -0.322. The molecule has 1 fully saturated rings. The first-order chi connectivity index (χ1) is 7.29. The Morgan fingerprint density at radius 3 is 2.67 bits per heavy atom. The van der Waals surface area contributed by atoms with Gasteiger partial charge in [-0.05, 0) is 17.5 Å². The van der Waals surface area contributed by atoms with Crippen LogP contribution in [0.4, 0.5) is 4.79 Å². The van der Waals surface area contributed by atoms with Crippen LogP contribution in [0, 0.1) is 0 Å². The van der Waals surface area contributed by atoms with Crippen LogP contribution >= 0.6 is 0 Å². The summed E-state index contributed by atoms with van der Waals surface area (Å²) in [7, 11) is 0. The Morgan fingerprint density at radius 2 is 2.13 bits per heavy atom. The molecule has 80 valence electrons. The quantitative estimate of drug-likeness (QED) is 0.823. The number of rotatable bonds is 3. The summed E-state index contributed by atoms with van der Waals surface area (Å²) in [6.07, 6.45) is 1.81. The average Bonchev–Trinajstić information content (AvgIpc) is 2.67. The molecule has 0 spiro atoms. The minimum Gasteiger partial charge on any atom is -0.439 e. The Morgan fingerprint density at radius 1 is 1.40 bits per heavy atom. The maximum atomic E-state index is 10.9. The summed E-state index contributed by atoms with van der Waals surface area (Å²) in [5, 5.41) is 2.65. The Balaban J connectivity index is 2.06. The molecule has 1 aromatic carbocycles. The van der Waals surface area contributed by atoms with Gasteiger partial charge in [-0.25, -0.2) is 4.79 Å². The van der Waals surface area contributed by atoms with Crippen molar-refractivity contribution in [1.82, 2.24) is 5.32 Å². The lowest BCUT2D eigenvalue weighted by Gasteiger charge is -2.08. The van der Waals surface area contributed by atoms with Gasteiger partial charge in [-0.1, -0.05) is 37.6 Å². The van der Waals surface area contributed by atoms with Crippen LogP contribution in [0.1, 0.15) is 30.6 Å². The fraction of sp³-hybridized carbons (Fsp3) is 0.417. The zero-order chi connectivity index (χ0) is 10.7. The molecule has 1 heterocycles. The van der Waals surface area contributed by atoms with E-state index in [4.69, 9.17) is 4.74 Å². The number of aryl methyl sites for hydroxylation is 1. The van der Waals surface area contributed by atoms with Gasteiger partial charge in [0.25, 0.3) is 0 Å². The van der Waals surface area contributed by atoms with Crippen molar-refractivity contribution in [2.45, 2.75) is 25.9 Å². The number of cyclic esters (lactones) is 1. The number of nitrogens with one attached hydrogen (secondary N) is 1. The lowest BCUT2D eigenvalue weighted by molar-refractivity contribution is 0.141. The highest BCUT2D eigenvalue weighted by Crippen LogP contribution is 2.21. The standard InChI is InChI=1S/C12H15NO2/c1-2-3-9-4-6-10(7-5-9)11-8-13-12(14)15-11/h4-7,11H,2-3,8H2,1H3,(H,13,14). The van der Waals surface area contributed by atoms with E-state index in [0.29, 0.717) is 6.54 Å². The van der Waals surface area contributed by atoms with E-state index in [2.05, 4.69) is 24.4 Å². The molecule has 1 N–H and O–H groups in total. The molecule has 1 aromatic rings. The van der Waals surface area contributed by atoms with Crippen LogP contribution < -0.4 is 5.32 Å². The van der Waals surface area contributed by atoms with Crippen LogP contribution in [0.3, 0.4) is 0 Å². The number of amides is 1. The van der Waals surface area contributed by atoms with Crippen LogP contribution in [0.25, 0.3) is 0 Å². The van der Waals surface area contributed by atoms with Crippen LogP contribution in [0.2, 0.25) is 0 Å². The molecule has 1 aliphatic rings. The molecule has 3 heteroatoms. The van der Waals surface area contributed by atoms with Gasteiger partial charge in [0.2, 0.25) is 0 Å². The first-order valence-electron chi connectivity index (χ1n) is 5.33. The molecule has 0 radical (unpaired) electrons. The van der Waals surface area contributed by atoms with Crippen LogP contribution in [-0.4, -0.2) is 12.6 Å². The van der Waals surface area contributed by atoms with Gasteiger partial charge < -0.3 is 10.1 Å². The molecular formula is C12H15NO2. The number of hydrogen-bond acceptors (Lipinski definition) is 2. The second-order valence-electron chi connectivity index (χ2n) is 3.77. The first-order valence-corrected chi connectivity index (χ1v) is 5.33. The van der Waals surface area contributed by atoms with Crippen molar-refractivity contribution in [2.24, 2.45) is 0 Å². The molecule has 0 aliphatic carbocycles. The van der Waals surface area contributed by atoms with Gasteiger partial charge in [-0.2, -0.15) is 0 Å². The van der Waals surface area contributed by atoms with Gasteiger partial charge in [0.1, 0.15) is 6.10 Å². The predicted molar refractivity (Wildman–Crippen MR) is 57.7 cm³/mol. The lowest BCUT2D eigenvalue weighted by atomic mass is 10.0. The summed E-state index contributed by atoms with van der Waals surface area (Å²) in [6, 6.07) is 8.28. The number of hydrogen-bond donors (Lipinski definition) is 1. The lowest BCUT2D eigenvalue weighted by Crippen LogP contribution is -2.12. The summed E-state index contributed by atoms with van der Waals surface area (Å²) >= 11 is 0. The van der Waals surface area contributed by atoms with Gasteiger partial charge in [-0.3, -0.25) is 0 Å². The smallest absolute Gasteiger partial charge is 0.407 e. The normalized spacial score (nSPS) is 19.8. The Kier molecular flexibility index (Phi) is 2.90. The third-order valence-electron chi connectivity index (χ3n) is 2.57. The monoisotopic (exact) mass is 205 g/mol. The summed E-state index contributed by atoms with van der Waals surface area (Å²) in [5.41, 5.74) is 2.40. The Bertz CT molecular complexity index is 345.